The summed E-state index contributed by atoms with van der Waals surface area (Å²) in [5.74, 6) is -0.0598. The zero-order valence-corrected chi connectivity index (χ0v) is 10.0. The summed E-state index contributed by atoms with van der Waals surface area (Å²) < 4.78 is 5.13. The Labute approximate surface area is 86.4 Å². The van der Waals surface area contributed by atoms with Gasteiger partial charge in [0.15, 0.2) is 0 Å². The summed E-state index contributed by atoms with van der Waals surface area (Å²) in [6, 6.07) is 0. The summed E-state index contributed by atoms with van der Waals surface area (Å²) in [4.78, 5) is 13.6. The Kier molecular flexibility index (Phi) is 4.09. The summed E-state index contributed by atoms with van der Waals surface area (Å²) in [6.45, 7) is 7.78. The summed E-state index contributed by atoms with van der Waals surface area (Å²) >= 11 is 0. The van der Waals surface area contributed by atoms with E-state index in [1.807, 2.05) is 13.8 Å². The van der Waals surface area contributed by atoms with Crippen molar-refractivity contribution in [2.24, 2.45) is 5.73 Å². The second-order valence-corrected chi connectivity index (χ2v) is 4.60. The first-order chi connectivity index (χ1) is 6.19. The largest absolute Gasteiger partial charge is 0.369 e. The molecule has 0 fully saturated rings. The fraction of sp³-hybridized carbons (Fsp3) is 0.900. The zero-order valence-electron chi connectivity index (χ0n) is 10.0. The molecule has 0 aromatic heterocycles. The van der Waals surface area contributed by atoms with Crippen LogP contribution in [0.3, 0.4) is 0 Å². The molecule has 0 bridgehead atoms. The lowest BCUT2D eigenvalue weighted by molar-refractivity contribution is -0.154. The molecule has 0 saturated carbocycles. The molecule has 4 heteroatoms. The van der Waals surface area contributed by atoms with E-state index in [1.54, 1.807) is 25.8 Å². The van der Waals surface area contributed by atoms with Crippen molar-refractivity contribution in [3.8, 4) is 0 Å². The van der Waals surface area contributed by atoms with Crippen molar-refractivity contribution in [3.63, 3.8) is 0 Å². The van der Waals surface area contributed by atoms with Gasteiger partial charge in [-0.2, -0.15) is 0 Å². The number of carbonyl (C=O) groups excluding carboxylic acids is 1. The standard InChI is InChI=1S/C10H22N2O2/c1-9(2,7-11)12(5)8(13)10(3,4)14-6/h7,11H2,1-6H3. The molecule has 0 aliphatic rings. The molecule has 0 spiro atoms. The van der Waals surface area contributed by atoms with Crippen LogP contribution in [0.2, 0.25) is 0 Å². The Balaban J connectivity index is 4.71. The van der Waals surface area contributed by atoms with E-state index in [2.05, 4.69) is 0 Å². The smallest absolute Gasteiger partial charge is 0.254 e. The predicted molar refractivity (Wildman–Crippen MR) is 57.0 cm³/mol. The van der Waals surface area contributed by atoms with E-state index < -0.39 is 5.60 Å². The highest BCUT2D eigenvalue weighted by Gasteiger charge is 2.36. The minimum Gasteiger partial charge on any atom is -0.369 e. The lowest BCUT2D eigenvalue weighted by Crippen LogP contribution is -2.56. The molecule has 0 aliphatic heterocycles. The van der Waals surface area contributed by atoms with Crippen LogP contribution in [0.25, 0.3) is 0 Å². The molecule has 2 N–H and O–H groups in total. The third kappa shape index (κ3) is 2.69. The maximum atomic E-state index is 11.9. The van der Waals surface area contributed by atoms with Gasteiger partial charge in [0.05, 0.1) is 0 Å². The summed E-state index contributed by atoms with van der Waals surface area (Å²) in [5, 5.41) is 0. The number of amides is 1. The molecule has 0 aromatic carbocycles. The number of hydrogen-bond acceptors (Lipinski definition) is 3. The monoisotopic (exact) mass is 202 g/mol. The quantitative estimate of drug-likeness (QED) is 0.726. The minimum absolute atomic E-state index is 0.0598. The van der Waals surface area contributed by atoms with Crippen molar-refractivity contribution in [3.05, 3.63) is 0 Å². The van der Waals surface area contributed by atoms with Crippen LogP contribution in [0.1, 0.15) is 27.7 Å². The molecular formula is C10H22N2O2. The maximum absolute atomic E-state index is 11.9. The molecular weight excluding hydrogens is 180 g/mol. The van der Waals surface area contributed by atoms with Crippen molar-refractivity contribution >= 4 is 5.91 Å². The summed E-state index contributed by atoms with van der Waals surface area (Å²) in [6.07, 6.45) is 0. The highest BCUT2D eigenvalue weighted by atomic mass is 16.5. The van der Waals surface area contributed by atoms with Gasteiger partial charge in [-0.25, -0.2) is 0 Å². The topological polar surface area (TPSA) is 55.6 Å². The fourth-order valence-corrected chi connectivity index (χ4v) is 0.903. The molecule has 4 nitrogen and oxygen atoms in total. The normalized spacial score (nSPS) is 12.8. The first-order valence-electron chi connectivity index (χ1n) is 4.72. The van der Waals surface area contributed by atoms with Crippen molar-refractivity contribution in [1.82, 2.24) is 4.90 Å². The number of carbonyl (C=O) groups is 1. The van der Waals surface area contributed by atoms with Gasteiger partial charge in [0, 0.05) is 26.2 Å². The minimum atomic E-state index is -0.790. The Hall–Kier alpha value is -0.610. The average molecular weight is 202 g/mol. The van der Waals surface area contributed by atoms with E-state index in [1.165, 1.54) is 7.11 Å². The van der Waals surface area contributed by atoms with Crippen LogP contribution in [0.15, 0.2) is 0 Å². The SMILES string of the molecule is COC(C)(C)C(=O)N(C)C(C)(C)CN. The molecule has 84 valence electrons. The molecule has 0 saturated heterocycles. The number of likely N-dealkylation sites (N-methyl/N-ethyl adjacent to an activating group) is 1. The molecule has 14 heavy (non-hydrogen) atoms. The third-order valence-corrected chi connectivity index (χ3v) is 2.74. The molecule has 0 unspecified atom stereocenters. The third-order valence-electron chi connectivity index (χ3n) is 2.74. The van der Waals surface area contributed by atoms with Crippen LogP contribution in [0.4, 0.5) is 0 Å². The molecule has 0 aromatic rings. The number of hydrogen-bond donors (Lipinski definition) is 1. The predicted octanol–water partition coefficient (Wildman–Crippen LogP) is 0.607. The lowest BCUT2D eigenvalue weighted by Gasteiger charge is -2.38. The van der Waals surface area contributed by atoms with Gasteiger partial charge in [-0.05, 0) is 27.7 Å². The van der Waals surface area contributed by atoms with Gasteiger partial charge in [0.2, 0.25) is 0 Å². The average Bonchev–Trinajstić information content (AvgIpc) is 2.15. The Morgan fingerprint density at radius 1 is 1.36 bits per heavy atom. The van der Waals surface area contributed by atoms with Crippen LogP contribution < -0.4 is 5.73 Å². The Bertz CT molecular complexity index is 212. The van der Waals surface area contributed by atoms with Gasteiger partial charge in [0.1, 0.15) is 5.60 Å². The van der Waals surface area contributed by atoms with E-state index >= 15 is 0 Å². The first kappa shape index (κ1) is 13.4. The number of nitrogens with two attached hydrogens (primary N) is 1. The van der Waals surface area contributed by atoms with E-state index in [-0.39, 0.29) is 11.4 Å². The van der Waals surface area contributed by atoms with E-state index in [0.29, 0.717) is 6.54 Å². The highest BCUT2D eigenvalue weighted by molar-refractivity contribution is 5.84. The molecule has 0 rings (SSSR count). The number of nitrogens with zero attached hydrogens (tertiary/aromatic N) is 1. The number of rotatable bonds is 4. The van der Waals surface area contributed by atoms with Gasteiger partial charge in [0.25, 0.3) is 5.91 Å². The van der Waals surface area contributed by atoms with Crippen LogP contribution >= 0.6 is 0 Å². The van der Waals surface area contributed by atoms with Crippen LogP contribution in [0.5, 0.6) is 0 Å². The Morgan fingerprint density at radius 3 is 2.07 bits per heavy atom. The second kappa shape index (κ2) is 4.28. The zero-order chi connectivity index (χ0) is 11.6. The molecule has 0 radical (unpaired) electrons. The lowest BCUT2D eigenvalue weighted by atomic mass is 10.00. The summed E-state index contributed by atoms with van der Waals surface area (Å²) in [7, 11) is 3.27. The van der Waals surface area contributed by atoms with E-state index in [4.69, 9.17) is 10.5 Å². The highest BCUT2D eigenvalue weighted by Crippen LogP contribution is 2.18. The van der Waals surface area contributed by atoms with Gasteiger partial charge >= 0.3 is 0 Å². The van der Waals surface area contributed by atoms with Crippen molar-refractivity contribution in [2.45, 2.75) is 38.8 Å². The molecule has 0 atom stereocenters. The van der Waals surface area contributed by atoms with Crippen molar-refractivity contribution < 1.29 is 9.53 Å². The van der Waals surface area contributed by atoms with Crippen LogP contribution in [-0.4, -0.2) is 42.6 Å². The maximum Gasteiger partial charge on any atom is 0.254 e. The molecule has 0 aliphatic carbocycles. The van der Waals surface area contributed by atoms with Gasteiger partial charge < -0.3 is 15.4 Å². The van der Waals surface area contributed by atoms with Gasteiger partial charge in [-0.1, -0.05) is 0 Å². The van der Waals surface area contributed by atoms with Gasteiger partial charge in [-0.15, -0.1) is 0 Å². The Morgan fingerprint density at radius 2 is 1.79 bits per heavy atom. The number of ether oxygens (including phenoxy) is 1. The van der Waals surface area contributed by atoms with Crippen molar-refractivity contribution in [2.75, 3.05) is 20.7 Å². The first-order valence-corrected chi connectivity index (χ1v) is 4.72. The van der Waals surface area contributed by atoms with Crippen molar-refractivity contribution in [1.29, 1.82) is 0 Å². The number of methoxy groups -OCH3 is 1. The van der Waals surface area contributed by atoms with Crippen LogP contribution in [0, 0.1) is 0 Å². The molecule has 0 heterocycles. The van der Waals surface area contributed by atoms with Gasteiger partial charge in [-0.3, -0.25) is 4.79 Å². The second-order valence-electron chi connectivity index (χ2n) is 4.60. The van der Waals surface area contributed by atoms with E-state index in [0.717, 1.165) is 0 Å². The van der Waals surface area contributed by atoms with Crippen LogP contribution in [-0.2, 0) is 9.53 Å². The summed E-state index contributed by atoms with van der Waals surface area (Å²) in [5.41, 5.74) is 4.46. The fourth-order valence-electron chi connectivity index (χ4n) is 0.903. The molecule has 1 amide bonds. The van der Waals surface area contributed by atoms with E-state index in [9.17, 15) is 4.79 Å².